The standard InChI is InChI=1S/C27H25FN6O4/c1-4-21(35)17-7-8-19(28)24(25(17)38-26(36)16-6-10-23(31-14-16)34(2)3)18-11-20(18)32-27(37)33-22-9-5-15(12-29)13-30-22/h5-10,13-14,18,20H,4,11H2,1-3H3,(H2,30,32,33,37)/t18-,20?/m1/s1. The molecule has 1 aliphatic rings. The van der Waals surface area contributed by atoms with Crippen LogP contribution >= 0.6 is 0 Å². The average Bonchev–Trinajstić information content (AvgIpc) is 3.66. The van der Waals surface area contributed by atoms with Gasteiger partial charge < -0.3 is 15.0 Å². The molecular formula is C27H25FN6O4. The van der Waals surface area contributed by atoms with E-state index in [0.29, 0.717) is 17.8 Å². The van der Waals surface area contributed by atoms with Crippen molar-refractivity contribution in [2.24, 2.45) is 0 Å². The van der Waals surface area contributed by atoms with Crippen molar-refractivity contribution in [3.05, 3.63) is 76.9 Å². The van der Waals surface area contributed by atoms with Crippen LogP contribution in [-0.2, 0) is 0 Å². The molecule has 1 fully saturated rings. The van der Waals surface area contributed by atoms with Gasteiger partial charge in [-0.3, -0.25) is 10.1 Å². The second kappa shape index (κ2) is 11.0. The Hall–Kier alpha value is -4.85. The Bertz CT molecular complexity index is 1420. The van der Waals surface area contributed by atoms with Crippen LogP contribution < -0.4 is 20.3 Å². The quantitative estimate of drug-likeness (QED) is 0.260. The molecule has 1 saturated carbocycles. The Morgan fingerprint density at radius 2 is 1.92 bits per heavy atom. The lowest BCUT2D eigenvalue weighted by molar-refractivity contribution is 0.0729. The van der Waals surface area contributed by atoms with Gasteiger partial charge in [0, 0.05) is 50.4 Å². The van der Waals surface area contributed by atoms with Crippen molar-refractivity contribution in [2.75, 3.05) is 24.3 Å². The fraction of sp³-hybridized carbons (Fsp3) is 0.259. The third kappa shape index (κ3) is 5.75. The second-order valence-corrected chi connectivity index (χ2v) is 8.89. The molecule has 2 N–H and O–H groups in total. The summed E-state index contributed by atoms with van der Waals surface area (Å²) in [7, 11) is 3.62. The van der Waals surface area contributed by atoms with E-state index in [0.717, 1.165) is 0 Å². The summed E-state index contributed by atoms with van der Waals surface area (Å²) in [5.74, 6) is -1.54. The van der Waals surface area contributed by atoms with E-state index < -0.39 is 29.8 Å². The number of aromatic nitrogens is 2. The van der Waals surface area contributed by atoms with Crippen LogP contribution in [-0.4, -0.2) is 47.9 Å². The van der Waals surface area contributed by atoms with E-state index in [1.807, 2.05) is 20.2 Å². The number of benzene rings is 1. The zero-order valence-electron chi connectivity index (χ0n) is 21.0. The maximum atomic E-state index is 15.1. The van der Waals surface area contributed by atoms with Crippen LogP contribution in [0, 0.1) is 17.1 Å². The van der Waals surface area contributed by atoms with E-state index in [1.54, 1.807) is 17.9 Å². The number of rotatable bonds is 8. The third-order valence-electron chi connectivity index (χ3n) is 6.01. The second-order valence-electron chi connectivity index (χ2n) is 8.89. The van der Waals surface area contributed by atoms with Crippen LogP contribution in [0.1, 0.15) is 57.5 Å². The number of Topliss-reactive ketones (excluding diaryl/α,β-unsaturated/α-hetero) is 1. The average molecular weight is 517 g/mol. The molecule has 3 aromatic rings. The Morgan fingerprint density at radius 3 is 2.53 bits per heavy atom. The fourth-order valence-corrected chi connectivity index (χ4v) is 3.89. The number of nitrogens with zero attached hydrogens (tertiary/aromatic N) is 4. The normalized spacial score (nSPS) is 15.7. The van der Waals surface area contributed by atoms with E-state index >= 15 is 4.39 Å². The summed E-state index contributed by atoms with van der Waals surface area (Å²) in [6.45, 7) is 1.66. The van der Waals surface area contributed by atoms with Gasteiger partial charge in [-0.05, 0) is 42.8 Å². The van der Waals surface area contributed by atoms with Crippen molar-refractivity contribution in [1.82, 2.24) is 15.3 Å². The van der Waals surface area contributed by atoms with E-state index in [4.69, 9.17) is 10.00 Å². The highest BCUT2D eigenvalue weighted by atomic mass is 19.1. The maximum absolute atomic E-state index is 15.1. The fourth-order valence-electron chi connectivity index (χ4n) is 3.89. The van der Waals surface area contributed by atoms with E-state index in [1.165, 1.54) is 42.7 Å². The summed E-state index contributed by atoms with van der Waals surface area (Å²) >= 11 is 0. The number of anilines is 2. The number of halogens is 1. The topological polar surface area (TPSA) is 137 Å². The number of carbonyl (C=O) groups is 3. The number of nitriles is 1. The summed E-state index contributed by atoms with van der Waals surface area (Å²) in [5, 5.41) is 14.2. The number of nitrogens with one attached hydrogen (secondary N) is 2. The molecule has 1 unspecified atom stereocenters. The molecule has 0 aliphatic heterocycles. The van der Waals surface area contributed by atoms with Gasteiger partial charge in [0.25, 0.3) is 0 Å². The van der Waals surface area contributed by atoms with Crippen LogP contribution in [0.3, 0.4) is 0 Å². The molecule has 0 radical (unpaired) electrons. The molecule has 11 heteroatoms. The first-order valence-corrected chi connectivity index (χ1v) is 11.9. The van der Waals surface area contributed by atoms with Crippen LogP contribution in [0.4, 0.5) is 20.8 Å². The number of carbonyl (C=O) groups excluding carboxylic acids is 3. The summed E-state index contributed by atoms with van der Waals surface area (Å²) in [6.07, 6.45) is 3.17. The van der Waals surface area contributed by atoms with Gasteiger partial charge in [0.2, 0.25) is 0 Å². The molecule has 194 valence electrons. The number of urea groups is 1. The smallest absolute Gasteiger partial charge is 0.345 e. The molecule has 0 saturated heterocycles. The predicted molar refractivity (Wildman–Crippen MR) is 137 cm³/mol. The van der Waals surface area contributed by atoms with Crippen molar-refractivity contribution < 1.29 is 23.5 Å². The molecule has 2 heterocycles. The maximum Gasteiger partial charge on any atom is 0.345 e. The highest BCUT2D eigenvalue weighted by Crippen LogP contribution is 2.47. The molecule has 4 rings (SSSR count). The van der Waals surface area contributed by atoms with Crippen LogP contribution in [0.5, 0.6) is 5.75 Å². The number of pyridine rings is 2. The molecule has 10 nitrogen and oxygen atoms in total. The lowest BCUT2D eigenvalue weighted by atomic mass is 10.00. The minimum atomic E-state index is -0.783. The number of amides is 2. The van der Waals surface area contributed by atoms with Crippen LogP contribution in [0.2, 0.25) is 0 Å². The van der Waals surface area contributed by atoms with Crippen LogP contribution in [0.25, 0.3) is 0 Å². The van der Waals surface area contributed by atoms with Gasteiger partial charge in [0.05, 0.1) is 16.7 Å². The molecule has 1 aromatic carbocycles. The number of hydrogen-bond donors (Lipinski definition) is 2. The predicted octanol–water partition coefficient (Wildman–Crippen LogP) is 4.04. The van der Waals surface area contributed by atoms with E-state index in [9.17, 15) is 14.4 Å². The monoisotopic (exact) mass is 516 g/mol. The summed E-state index contributed by atoms with van der Waals surface area (Å²) < 4.78 is 20.7. The van der Waals surface area contributed by atoms with Gasteiger partial charge in [0.15, 0.2) is 5.78 Å². The van der Waals surface area contributed by atoms with Gasteiger partial charge in [-0.2, -0.15) is 5.26 Å². The molecule has 2 amide bonds. The summed E-state index contributed by atoms with van der Waals surface area (Å²) in [4.78, 5) is 48.0. The van der Waals surface area contributed by atoms with Crippen molar-refractivity contribution in [3.8, 4) is 11.8 Å². The van der Waals surface area contributed by atoms with Crippen molar-refractivity contribution in [1.29, 1.82) is 5.26 Å². The third-order valence-corrected chi connectivity index (χ3v) is 6.01. The van der Waals surface area contributed by atoms with Gasteiger partial charge >= 0.3 is 12.0 Å². The first-order chi connectivity index (χ1) is 18.2. The van der Waals surface area contributed by atoms with E-state index in [-0.39, 0.29) is 40.5 Å². The number of ketones is 1. The lowest BCUT2D eigenvalue weighted by Crippen LogP contribution is -2.31. The Labute approximate surface area is 218 Å². The molecule has 0 spiro atoms. The van der Waals surface area contributed by atoms with Gasteiger partial charge in [-0.1, -0.05) is 6.92 Å². The van der Waals surface area contributed by atoms with Gasteiger partial charge in [-0.25, -0.2) is 23.9 Å². The molecule has 2 atom stereocenters. The number of hydrogen-bond acceptors (Lipinski definition) is 8. The summed E-state index contributed by atoms with van der Waals surface area (Å²) in [5.41, 5.74) is 0.631. The van der Waals surface area contributed by atoms with Crippen molar-refractivity contribution in [2.45, 2.75) is 31.7 Å². The Kier molecular flexibility index (Phi) is 7.62. The number of esters is 1. The highest BCUT2D eigenvalue weighted by Gasteiger charge is 2.44. The Morgan fingerprint density at radius 1 is 1.13 bits per heavy atom. The SMILES string of the molecule is CCC(=O)c1ccc(F)c([C@@H]2CC2NC(=O)Nc2ccc(C#N)cn2)c1OC(=O)c1ccc(N(C)C)nc1. The minimum absolute atomic E-state index is 0.0531. The first kappa shape index (κ1) is 26.2. The molecule has 2 aromatic heterocycles. The van der Waals surface area contributed by atoms with Crippen molar-refractivity contribution >= 4 is 29.4 Å². The molecule has 1 aliphatic carbocycles. The zero-order chi connectivity index (χ0) is 27.4. The van der Waals surface area contributed by atoms with E-state index in [2.05, 4.69) is 20.6 Å². The summed E-state index contributed by atoms with van der Waals surface area (Å²) in [6, 6.07) is 9.55. The molecular weight excluding hydrogens is 491 g/mol. The number of ether oxygens (including phenoxy) is 1. The first-order valence-electron chi connectivity index (χ1n) is 11.9. The Balaban J connectivity index is 1.55. The lowest BCUT2D eigenvalue weighted by Gasteiger charge is -2.16. The van der Waals surface area contributed by atoms with Crippen LogP contribution in [0.15, 0.2) is 48.8 Å². The molecule has 0 bridgehead atoms. The zero-order valence-corrected chi connectivity index (χ0v) is 21.0. The van der Waals surface area contributed by atoms with Gasteiger partial charge in [0.1, 0.15) is 29.3 Å². The van der Waals surface area contributed by atoms with Gasteiger partial charge in [-0.15, -0.1) is 0 Å². The molecule has 38 heavy (non-hydrogen) atoms. The minimum Gasteiger partial charge on any atom is -0.422 e. The largest absolute Gasteiger partial charge is 0.422 e. The van der Waals surface area contributed by atoms with Crippen molar-refractivity contribution in [3.63, 3.8) is 0 Å². The highest BCUT2D eigenvalue weighted by molar-refractivity contribution is 6.01.